The Balaban J connectivity index is 1.81. The van der Waals surface area contributed by atoms with Gasteiger partial charge in [-0.2, -0.15) is 0 Å². The largest absolute Gasteiger partial charge is 0.0620 e. The van der Waals surface area contributed by atoms with Gasteiger partial charge in [-0.3, -0.25) is 0 Å². The Hall–Kier alpha value is -3.12. The number of hydrogen-bond donors (Lipinski definition) is 0. The van der Waals surface area contributed by atoms with Gasteiger partial charge in [0.05, 0.1) is 0 Å². The number of aryl methyl sites for hydroxylation is 3. The fraction of sp³-hybridized carbons (Fsp3) is 0.111. The minimum absolute atomic E-state index is 1.26. The van der Waals surface area contributed by atoms with E-state index in [2.05, 4.69) is 112 Å². The predicted octanol–water partition coefficient (Wildman–Crippen LogP) is 7.61. The van der Waals surface area contributed by atoms with Crippen LogP contribution in [0.25, 0.3) is 33.4 Å². The molecule has 0 aliphatic rings. The van der Waals surface area contributed by atoms with Gasteiger partial charge in [0, 0.05) is 0 Å². The Kier molecular flexibility index (Phi) is 4.64. The minimum Gasteiger partial charge on any atom is -0.0620 e. The first-order chi connectivity index (χ1) is 13.1. The van der Waals surface area contributed by atoms with Crippen molar-refractivity contribution < 1.29 is 0 Å². The van der Waals surface area contributed by atoms with Crippen LogP contribution in [-0.2, 0) is 0 Å². The average Bonchev–Trinajstić information content (AvgIpc) is 2.69. The van der Waals surface area contributed by atoms with Gasteiger partial charge in [0.25, 0.3) is 0 Å². The summed E-state index contributed by atoms with van der Waals surface area (Å²) in [5, 5.41) is 0. The molecular formula is C27H24. The Labute approximate surface area is 162 Å². The first-order valence-corrected chi connectivity index (χ1v) is 9.46. The van der Waals surface area contributed by atoms with E-state index in [-0.39, 0.29) is 0 Å². The minimum atomic E-state index is 1.26. The molecule has 0 aromatic heterocycles. The summed E-state index contributed by atoms with van der Waals surface area (Å²) >= 11 is 0. The Morgan fingerprint density at radius 3 is 1.63 bits per heavy atom. The second-order valence-electron chi connectivity index (χ2n) is 7.24. The van der Waals surface area contributed by atoms with E-state index in [0.29, 0.717) is 0 Å². The summed E-state index contributed by atoms with van der Waals surface area (Å²) in [6, 6.07) is 32.8. The van der Waals surface area contributed by atoms with Crippen LogP contribution in [0.1, 0.15) is 16.7 Å². The van der Waals surface area contributed by atoms with Gasteiger partial charge in [-0.05, 0) is 83.0 Å². The fourth-order valence-corrected chi connectivity index (χ4v) is 3.73. The maximum atomic E-state index is 2.33. The van der Waals surface area contributed by atoms with Crippen LogP contribution in [0, 0.1) is 20.8 Å². The lowest BCUT2D eigenvalue weighted by Gasteiger charge is -2.13. The molecule has 0 amide bonds. The molecule has 0 unspecified atom stereocenters. The second kappa shape index (κ2) is 7.25. The van der Waals surface area contributed by atoms with Crippen molar-refractivity contribution in [1.82, 2.24) is 0 Å². The molecule has 4 aromatic rings. The lowest BCUT2D eigenvalue weighted by molar-refractivity contribution is 1.41. The summed E-state index contributed by atoms with van der Waals surface area (Å²) < 4.78 is 0. The molecule has 0 saturated heterocycles. The summed E-state index contributed by atoms with van der Waals surface area (Å²) in [4.78, 5) is 0. The molecule has 0 nitrogen and oxygen atoms in total. The zero-order valence-corrected chi connectivity index (χ0v) is 16.2. The van der Waals surface area contributed by atoms with Crippen molar-refractivity contribution in [3.63, 3.8) is 0 Å². The van der Waals surface area contributed by atoms with E-state index < -0.39 is 0 Å². The first kappa shape index (κ1) is 17.3. The zero-order chi connectivity index (χ0) is 18.8. The van der Waals surface area contributed by atoms with Crippen molar-refractivity contribution in [2.24, 2.45) is 0 Å². The van der Waals surface area contributed by atoms with Crippen LogP contribution in [0.5, 0.6) is 0 Å². The van der Waals surface area contributed by atoms with Crippen molar-refractivity contribution >= 4 is 0 Å². The van der Waals surface area contributed by atoms with Crippen molar-refractivity contribution in [3.05, 3.63) is 108 Å². The third kappa shape index (κ3) is 3.44. The van der Waals surface area contributed by atoms with Crippen LogP contribution in [0.15, 0.2) is 91.0 Å². The molecular weight excluding hydrogens is 324 g/mol. The van der Waals surface area contributed by atoms with Gasteiger partial charge in [0.2, 0.25) is 0 Å². The Bertz CT molecular complexity index is 1100. The highest BCUT2D eigenvalue weighted by atomic mass is 14.1. The molecule has 0 spiro atoms. The summed E-state index contributed by atoms with van der Waals surface area (Å²) in [5.41, 5.74) is 11.6. The van der Waals surface area contributed by atoms with Gasteiger partial charge in [-0.1, -0.05) is 78.9 Å². The fourth-order valence-electron chi connectivity index (χ4n) is 3.73. The normalized spacial score (nSPS) is 10.8. The lowest BCUT2D eigenvalue weighted by atomic mass is 9.91. The quantitative estimate of drug-likeness (QED) is 0.357. The van der Waals surface area contributed by atoms with Crippen molar-refractivity contribution in [3.8, 4) is 33.4 Å². The smallest absolute Gasteiger partial charge is 0.0146 e. The van der Waals surface area contributed by atoms with Crippen LogP contribution >= 0.6 is 0 Å². The first-order valence-electron chi connectivity index (χ1n) is 9.46. The van der Waals surface area contributed by atoms with Crippen molar-refractivity contribution in [1.29, 1.82) is 0 Å². The molecule has 4 aromatic carbocycles. The summed E-state index contributed by atoms with van der Waals surface area (Å²) in [7, 11) is 0. The van der Waals surface area contributed by atoms with Gasteiger partial charge in [-0.25, -0.2) is 0 Å². The number of hydrogen-bond acceptors (Lipinski definition) is 0. The zero-order valence-electron chi connectivity index (χ0n) is 16.2. The molecule has 27 heavy (non-hydrogen) atoms. The summed E-state index contributed by atoms with van der Waals surface area (Å²) in [5.74, 6) is 0. The molecule has 4 rings (SSSR count). The van der Waals surface area contributed by atoms with E-state index in [1.165, 1.54) is 50.1 Å². The molecule has 0 bridgehead atoms. The third-order valence-corrected chi connectivity index (χ3v) is 5.32. The van der Waals surface area contributed by atoms with Crippen LogP contribution in [0.3, 0.4) is 0 Å². The number of rotatable bonds is 3. The van der Waals surface area contributed by atoms with Gasteiger partial charge in [-0.15, -0.1) is 0 Å². The van der Waals surface area contributed by atoms with E-state index >= 15 is 0 Å². The van der Waals surface area contributed by atoms with Crippen molar-refractivity contribution in [2.45, 2.75) is 20.8 Å². The van der Waals surface area contributed by atoms with E-state index in [9.17, 15) is 0 Å². The van der Waals surface area contributed by atoms with Gasteiger partial charge >= 0.3 is 0 Å². The molecule has 0 aliphatic heterocycles. The van der Waals surface area contributed by atoms with E-state index in [0.717, 1.165) is 0 Å². The van der Waals surface area contributed by atoms with E-state index in [1.54, 1.807) is 0 Å². The summed E-state index contributed by atoms with van der Waals surface area (Å²) in [6.45, 7) is 6.54. The molecule has 0 heteroatoms. The van der Waals surface area contributed by atoms with Crippen LogP contribution in [0.4, 0.5) is 0 Å². The third-order valence-electron chi connectivity index (χ3n) is 5.32. The highest BCUT2D eigenvalue weighted by molar-refractivity contribution is 5.79. The van der Waals surface area contributed by atoms with E-state index in [4.69, 9.17) is 0 Å². The Morgan fingerprint density at radius 2 is 0.926 bits per heavy atom. The topological polar surface area (TPSA) is 0 Å². The molecule has 0 fully saturated rings. The van der Waals surface area contributed by atoms with Gasteiger partial charge in [0.1, 0.15) is 0 Å². The second-order valence-corrected chi connectivity index (χ2v) is 7.24. The standard InChI is InChI=1S/C27H24/c1-19-9-4-6-13-25(19)24-12-8-11-22(17-24)23-16-15-21(3)27(18-23)26-14-7-5-10-20(26)2/h4-18H,1-3H3. The van der Waals surface area contributed by atoms with E-state index in [1.807, 2.05) is 0 Å². The maximum absolute atomic E-state index is 2.33. The van der Waals surface area contributed by atoms with Crippen LogP contribution in [0.2, 0.25) is 0 Å². The van der Waals surface area contributed by atoms with Gasteiger partial charge in [0.15, 0.2) is 0 Å². The molecule has 0 radical (unpaired) electrons. The molecule has 0 atom stereocenters. The monoisotopic (exact) mass is 348 g/mol. The molecule has 0 N–H and O–H groups in total. The molecule has 0 aliphatic carbocycles. The lowest BCUT2D eigenvalue weighted by Crippen LogP contribution is -1.89. The van der Waals surface area contributed by atoms with Crippen LogP contribution in [-0.4, -0.2) is 0 Å². The number of benzene rings is 4. The molecule has 0 saturated carbocycles. The van der Waals surface area contributed by atoms with Crippen molar-refractivity contribution in [2.75, 3.05) is 0 Å². The Morgan fingerprint density at radius 1 is 0.370 bits per heavy atom. The average molecular weight is 348 g/mol. The highest BCUT2D eigenvalue weighted by Crippen LogP contribution is 2.33. The summed E-state index contributed by atoms with van der Waals surface area (Å²) in [6.07, 6.45) is 0. The predicted molar refractivity (Wildman–Crippen MR) is 117 cm³/mol. The maximum Gasteiger partial charge on any atom is -0.0146 e. The SMILES string of the molecule is Cc1ccccc1-c1cccc(-c2ccc(C)c(-c3ccccc3C)c2)c1. The highest BCUT2D eigenvalue weighted by Gasteiger charge is 2.08. The van der Waals surface area contributed by atoms with Gasteiger partial charge < -0.3 is 0 Å². The van der Waals surface area contributed by atoms with Crippen LogP contribution < -0.4 is 0 Å². The molecule has 132 valence electrons. The molecule has 0 heterocycles.